The van der Waals surface area contributed by atoms with Crippen LogP contribution in [0.15, 0.2) is 41.1 Å². The summed E-state index contributed by atoms with van der Waals surface area (Å²) in [5, 5.41) is 2.96. The summed E-state index contributed by atoms with van der Waals surface area (Å²) in [5.74, 6) is 1.89. The monoisotopic (exact) mass is 271 g/mol. The van der Waals surface area contributed by atoms with E-state index >= 15 is 0 Å². The van der Waals surface area contributed by atoms with Crippen molar-refractivity contribution in [1.29, 1.82) is 0 Å². The van der Waals surface area contributed by atoms with E-state index in [1.54, 1.807) is 12.5 Å². The van der Waals surface area contributed by atoms with Crippen molar-refractivity contribution in [3.8, 4) is 0 Å². The molecular formula is C15H17N3O2. The molecule has 0 aromatic carbocycles. The molecule has 2 aromatic heterocycles. The van der Waals surface area contributed by atoms with Gasteiger partial charge in [-0.15, -0.1) is 0 Å². The summed E-state index contributed by atoms with van der Waals surface area (Å²) in [7, 11) is 3.81. The van der Waals surface area contributed by atoms with E-state index in [2.05, 4.69) is 10.3 Å². The van der Waals surface area contributed by atoms with Gasteiger partial charge in [0.2, 0.25) is 5.91 Å². The number of pyridine rings is 1. The smallest absolute Gasteiger partial charge is 0.228 e. The summed E-state index contributed by atoms with van der Waals surface area (Å²) < 4.78 is 5.35. The van der Waals surface area contributed by atoms with E-state index in [1.807, 2.05) is 43.3 Å². The van der Waals surface area contributed by atoms with E-state index in [0.717, 1.165) is 23.7 Å². The SMILES string of the molecule is CN(C)c1ncccc1NC(=O)[C@H]1C[C@H]1c1ccco1. The number of nitrogens with zero attached hydrogens (tertiary/aromatic N) is 2. The number of amides is 1. The van der Waals surface area contributed by atoms with Crippen molar-refractivity contribution in [1.82, 2.24) is 4.98 Å². The van der Waals surface area contributed by atoms with Crippen LogP contribution in [0.25, 0.3) is 0 Å². The van der Waals surface area contributed by atoms with Gasteiger partial charge in [-0.25, -0.2) is 4.98 Å². The summed E-state index contributed by atoms with van der Waals surface area (Å²) in [6.45, 7) is 0. The van der Waals surface area contributed by atoms with Gasteiger partial charge >= 0.3 is 0 Å². The lowest BCUT2D eigenvalue weighted by Crippen LogP contribution is -2.19. The largest absolute Gasteiger partial charge is 0.469 e. The quantitative estimate of drug-likeness (QED) is 0.928. The molecule has 2 atom stereocenters. The minimum atomic E-state index is -0.00336. The van der Waals surface area contributed by atoms with Gasteiger partial charge in [0.25, 0.3) is 0 Å². The van der Waals surface area contributed by atoms with Crippen molar-refractivity contribution >= 4 is 17.4 Å². The molecule has 0 bridgehead atoms. The Morgan fingerprint density at radius 2 is 2.25 bits per heavy atom. The number of anilines is 2. The van der Waals surface area contributed by atoms with Crippen molar-refractivity contribution < 1.29 is 9.21 Å². The van der Waals surface area contributed by atoms with E-state index in [0.29, 0.717) is 0 Å². The van der Waals surface area contributed by atoms with Crippen LogP contribution in [-0.4, -0.2) is 25.0 Å². The molecule has 0 radical (unpaired) electrons. The lowest BCUT2D eigenvalue weighted by Gasteiger charge is -2.16. The van der Waals surface area contributed by atoms with Crippen molar-refractivity contribution in [2.24, 2.45) is 5.92 Å². The van der Waals surface area contributed by atoms with Crippen molar-refractivity contribution in [2.45, 2.75) is 12.3 Å². The molecule has 3 rings (SSSR count). The third-order valence-electron chi connectivity index (χ3n) is 3.50. The number of carbonyl (C=O) groups is 1. The van der Waals surface area contributed by atoms with Crippen LogP contribution in [0, 0.1) is 5.92 Å². The van der Waals surface area contributed by atoms with E-state index in [1.165, 1.54) is 0 Å². The minimum Gasteiger partial charge on any atom is -0.469 e. The summed E-state index contributed by atoms with van der Waals surface area (Å²) in [6, 6.07) is 7.46. The average molecular weight is 271 g/mol. The molecule has 0 aliphatic heterocycles. The Hall–Kier alpha value is -2.30. The second kappa shape index (κ2) is 5.00. The number of furan rings is 1. The third kappa shape index (κ3) is 2.39. The molecule has 5 heteroatoms. The Balaban J connectivity index is 1.69. The van der Waals surface area contributed by atoms with Crippen molar-refractivity contribution in [2.75, 3.05) is 24.3 Å². The zero-order valence-corrected chi connectivity index (χ0v) is 11.5. The molecule has 1 fully saturated rings. The molecule has 1 aliphatic rings. The second-order valence-corrected chi connectivity index (χ2v) is 5.22. The summed E-state index contributed by atoms with van der Waals surface area (Å²) in [6.07, 6.45) is 4.21. The van der Waals surface area contributed by atoms with E-state index < -0.39 is 0 Å². The van der Waals surface area contributed by atoms with Crippen LogP contribution in [0.2, 0.25) is 0 Å². The average Bonchev–Trinajstić information content (AvgIpc) is 3.05. The molecule has 0 spiro atoms. The fourth-order valence-electron chi connectivity index (χ4n) is 2.38. The normalized spacial score (nSPS) is 20.5. The van der Waals surface area contributed by atoms with Crippen LogP contribution in [0.4, 0.5) is 11.5 Å². The van der Waals surface area contributed by atoms with Gasteiger partial charge in [0.05, 0.1) is 12.0 Å². The fourth-order valence-corrected chi connectivity index (χ4v) is 2.38. The summed E-state index contributed by atoms with van der Waals surface area (Å²) >= 11 is 0. The van der Waals surface area contributed by atoms with E-state index in [-0.39, 0.29) is 17.7 Å². The zero-order chi connectivity index (χ0) is 14.1. The van der Waals surface area contributed by atoms with Gasteiger partial charge < -0.3 is 14.6 Å². The molecule has 104 valence electrons. The lowest BCUT2D eigenvalue weighted by atomic mass is 10.2. The number of rotatable bonds is 4. The van der Waals surface area contributed by atoms with Crippen LogP contribution in [0.1, 0.15) is 18.1 Å². The molecule has 0 unspecified atom stereocenters. The summed E-state index contributed by atoms with van der Waals surface area (Å²) in [4.78, 5) is 18.4. The second-order valence-electron chi connectivity index (χ2n) is 5.22. The highest BCUT2D eigenvalue weighted by Crippen LogP contribution is 2.48. The highest BCUT2D eigenvalue weighted by Gasteiger charge is 2.45. The lowest BCUT2D eigenvalue weighted by molar-refractivity contribution is -0.117. The molecular weight excluding hydrogens is 254 g/mol. The Bertz CT molecular complexity index is 607. The maximum atomic E-state index is 12.3. The maximum Gasteiger partial charge on any atom is 0.228 e. The molecule has 5 nitrogen and oxygen atoms in total. The first-order valence-corrected chi connectivity index (χ1v) is 6.63. The molecule has 1 aliphatic carbocycles. The van der Waals surface area contributed by atoms with Gasteiger partial charge in [-0.05, 0) is 30.7 Å². The number of hydrogen-bond acceptors (Lipinski definition) is 4. The van der Waals surface area contributed by atoms with Gasteiger partial charge in [-0.3, -0.25) is 4.79 Å². The third-order valence-corrected chi connectivity index (χ3v) is 3.50. The maximum absolute atomic E-state index is 12.3. The van der Waals surface area contributed by atoms with Gasteiger partial charge in [0, 0.05) is 32.1 Å². The van der Waals surface area contributed by atoms with Crippen molar-refractivity contribution in [3.63, 3.8) is 0 Å². The van der Waals surface area contributed by atoms with Crippen LogP contribution in [0.3, 0.4) is 0 Å². The van der Waals surface area contributed by atoms with Crippen LogP contribution in [-0.2, 0) is 4.79 Å². The Labute approximate surface area is 117 Å². The Kier molecular flexibility index (Phi) is 3.18. The molecule has 1 saturated carbocycles. The van der Waals surface area contributed by atoms with Crippen LogP contribution in [0.5, 0.6) is 0 Å². The van der Waals surface area contributed by atoms with E-state index in [9.17, 15) is 4.79 Å². The topological polar surface area (TPSA) is 58.4 Å². The first-order chi connectivity index (χ1) is 9.66. The Morgan fingerprint density at radius 3 is 2.95 bits per heavy atom. The number of hydrogen-bond donors (Lipinski definition) is 1. The van der Waals surface area contributed by atoms with Gasteiger partial charge in [0.1, 0.15) is 5.76 Å². The van der Waals surface area contributed by atoms with Crippen LogP contribution >= 0.6 is 0 Å². The highest BCUT2D eigenvalue weighted by molar-refractivity contribution is 5.97. The highest BCUT2D eigenvalue weighted by atomic mass is 16.3. The number of carbonyl (C=O) groups excluding carboxylic acids is 1. The van der Waals surface area contributed by atoms with Crippen LogP contribution < -0.4 is 10.2 Å². The molecule has 2 heterocycles. The molecule has 20 heavy (non-hydrogen) atoms. The standard InChI is InChI=1S/C15H17N3O2/c1-18(2)14-12(5-3-7-16-14)17-15(19)11-9-10(11)13-6-4-8-20-13/h3-8,10-11H,9H2,1-2H3,(H,17,19)/t10-,11+/m1/s1. The predicted molar refractivity (Wildman–Crippen MR) is 76.7 cm³/mol. The molecule has 1 N–H and O–H groups in total. The first kappa shape index (κ1) is 12.7. The van der Waals surface area contributed by atoms with Gasteiger partial charge in [0.15, 0.2) is 5.82 Å². The van der Waals surface area contributed by atoms with Gasteiger partial charge in [-0.1, -0.05) is 0 Å². The number of nitrogens with one attached hydrogen (secondary N) is 1. The minimum absolute atomic E-state index is 0.00336. The predicted octanol–water partition coefficient (Wildman–Crippen LogP) is 2.48. The molecule has 0 saturated heterocycles. The van der Waals surface area contributed by atoms with E-state index in [4.69, 9.17) is 4.42 Å². The fraction of sp³-hybridized carbons (Fsp3) is 0.333. The Morgan fingerprint density at radius 1 is 1.40 bits per heavy atom. The summed E-state index contributed by atoms with van der Waals surface area (Å²) in [5.41, 5.74) is 0.743. The first-order valence-electron chi connectivity index (χ1n) is 6.63. The molecule has 2 aromatic rings. The van der Waals surface area contributed by atoms with Gasteiger partial charge in [-0.2, -0.15) is 0 Å². The van der Waals surface area contributed by atoms with Crippen molar-refractivity contribution in [3.05, 3.63) is 42.5 Å². The molecule has 1 amide bonds. The zero-order valence-electron chi connectivity index (χ0n) is 11.5. The number of aromatic nitrogens is 1.